The number of rotatable bonds is 3. The van der Waals surface area contributed by atoms with Gasteiger partial charge in [0.25, 0.3) is 0 Å². The molecule has 0 radical (unpaired) electrons. The molecule has 2 atom stereocenters. The van der Waals surface area contributed by atoms with Gasteiger partial charge in [0.15, 0.2) is 0 Å². The molecule has 2 aliphatic rings. The first-order valence-electron chi connectivity index (χ1n) is 6.68. The molecule has 1 saturated heterocycles. The van der Waals surface area contributed by atoms with E-state index in [-0.39, 0.29) is 6.04 Å². The number of hydrogen-bond acceptors (Lipinski definition) is 2. The summed E-state index contributed by atoms with van der Waals surface area (Å²) in [6, 6.07) is 0.244. The van der Waals surface area contributed by atoms with Crippen molar-refractivity contribution in [2.24, 2.45) is 5.92 Å². The molecule has 3 nitrogen and oxygen atoms in total. The van der Waals surface area contributed by atoms with Gasteiger partial charge in [0.05, 0.1) is 0 Å². The first kappa shape index (κ1) is 11.9. The highest BCUT2D eigenvalue weighted by Crippen LogP contribution is 2.32. The van der Waals surface area contributed by atoms with Crippen molar-refractivity contribution < 1.29 is 9.90 Å². The summed E-state index contributed by atoms with van der Waals surface area (Å²) in [7, 11) is 0. The second-order valence-corrected chi connectivity index (χ2v) is 5.37. The minimum absolute atomic E-state index is 0.218. The van der Waals surface area contributed by atoms with Gasteiger partial charge in [0, 0.05) is 6.04 Å². The van der Waals surface area contributed by atoms with Crippen LogP contribution in [0.25, 0.3) is 0 Å². The normalized spacial score (nSPS) is 30.4. The van der Waals surface area contributed by atoms with Crippen molar-refractivity contribution in [2.75, 3.05) is 6.54 Å². The molecule has 1 N–H and O–H groups in total. The molecule has 0 amide bonds. The Kier molecular flexibility index (Phi) is 3.85. The fourth-order valence-electron chi connectivity index (χ4n) is 3.42. The van der Waals surface area contributed by atoms with E-state index < -0.39 is 5.97 Å². The average Bonchev–Trinajstić information content (AvgIpc) is 2.81. The number of carboxylic acids is 1. The summed E-state index contributed by atoms with van der Waals surface area (Å²) in [5.74, 6) is 0.115. The highest BCUT2D eigenvalue weighted by atomic mass is 16.4. The van der Waals surface area contributed by atoms with E-state index in [0.717, 1.165) is 25.3 Å². The molecule has 0 aromatic carbocycles. The van der Waals surface area contributed by atoms with Gasteiger partial charge >= 0.3 is 5.97 Å². The molecular weight excluding hydrogens is 202 g/mol. The standard InChI is InChI=1S/C13H23NO2/c1-10(11-6-2-3-7-11)14-9-5-4-8-12(14)13(15)16/h10-12H,2-9H2,1H3,(H,15,16). The van der Waals surface area contributed by atoms with E-state index in [9.17, 15) is 9.90 Å². The summed E-state index contributed by atoms with van der Waals surface area (Å²) in [5.41, 5.74) is 0. The molecule has 3 heteroatoms. The third-order valence-electron chi connectivity index (χ3n) is 4.43. The molecule has 2 fully saturated rings. The number of aliphatic carboxylic acids is 1. The average molecular weight is 225 g/mol. The van der Waals surface area contributed by atoms with Gasteiger partial charge in [0.2, 0.25) is 0 Å². The molecule has 0 spiro atoms. The first-order valence-corrected chi connectivity index (χ1v) is 6.68. The molecule has 0 aromatic rings. The van der Waals surface area contributed by atoms with Gasteiger partial charge in [0.1, 0.15) is 6.04 Å². The molecule has 92 valence electrons. The van der Waals surface area contributed by atoms with Crippen LogP contribution in [0, 0.1) is 5.92 Å². The molecule has 1 aliphatic carbocycles. The van der Waals surface area contributed by atoms with E-state index in [2.05, 4.69) is 11.8 Å². The molecule has 0 aromatic heterocycles. The van der Waals surface area contributed by atoms with Crippen LogP contribution < -0.4 is 0 Å². The van der Waals surface area contributed by atoms with Crippen molar-refractivity contribution in [3.63, 3.8) is 0 Å². The van der Waals surface area contributed by atoms with Gasteiger partial charge < -0.3 is 5.11 Å². The smallest absolute Gasteiger partial charge is 0.320 e. The number of piperidine rings is 1. The molecule has 1 saturated carbocycles. The third-order valence-corrected chi connectivity index (χ3v) is 4.43. The van der Waals surface area contributed by atoms with Gasteiger partial charge in [-0.15, -0.1) is 0 Å². The SMILES string of the molecule is CC(C1CCCC1)N1CCCCC1C(=O)O. The molecular formula is C13H23NO2. The first-order chi connectivity index (χ1) is 7.70. The van der Waals surface area contributed by atoms with E-state index in [1.807, 2.05) is 0 Å². The molecule has 2 unspecified atom stereocenters. The monoisotopic (exact) mass is 225 g/mol. The van der Waals surface area contributed by atoms with Gasteiger partial charge in [-0.1, -0.05) is 19.3 Å². The van der Waals surface area contributed by atoms with Crippen molar-refractivity contribution in [3.8, 4) is 0 Å². The maximum Gasteiger partial charge on any atom is 0.320 e. The van der Waals surface area contributed by atoms with Crippen molar-refractivity contribution in [3.05, 3.63) is 0 Å². The van der Waals surface area contributed by atoms with Crippen molar-refractivity contribution in [1.82, 2.24) is 4.90 Å². The van der Waals surface area contributed by atoms with Gasteiger partial charge in [-0.25, -0.2) is 0 Å². The second kappa shape index (κ2) is 5.17. The topological polar surface area (TPSA) is 40.5 Å². The minimum Gasteiger partial charge on any atom is -0.480 e. The van der Waals surface area contributed by atoms with Crippen molar-refractivity contribution in [2.45, 2.75) is 64.0 Å². The lowest BCUT2D eigenvalue weighted by molar-refractivity contribution is -0.146. The van der Waals surface area contributed by atoms with E-state index in [0.29, 0.717) is 6.04 Å². The number of carboxylic acid groups (broad SMARTS) is 1. The van der Waals surface area contributed by atoms with Crippen LogP contribution in [0.5, 0.6) is 0 Å². The van der Waals surface area contributed by atoms with Crippen LogP contribution in [0.1, 0.15) is 51.9 Å². The summed E-state index contributed by atoms with van der Waals surface area (Å²) in [5, 5.41) is 9.26. The summed E-state index contributed by atoms with van der Waals surface area (Å²) >= 11 is 0. The van der Waals surface area contributed by atoms with Gasteiger partial charge in [-0.05, 0) is 45.1 Å². The Balaban J connectivity index is 2.01. The quantitative estimate of drug-likeness (QED) is 0.802. The summed E-state index contributed by atoms with van der Waals surface area (Å²) in [6.45, 7) is 3.21. The predicted molar refractivity (Wildman–Crippen MR) is 63.4 cm³/mol. The zero-order chi connectivity index (χ0) is 11.5. The fraction of sp³-hybridized carbons (Fsp3) is 0.923. The van der Waals surface area contributed by atoms with Crippen molar-refractivity contribution >= 4 is 5.97 Å². The van der Waals surface area contributed by atoms with Crippen LogP contribution in [0.15, 0.2) is 0 Å². The Morgan fingerprint density at radius 2 is 1.81 bits per heavy atom. The third kappa shape index (κ3) is 2.40. The predicted octanol–water partition coefficient (Wildman–Crippen LogP) is 2.50. The number of nitrogens with zero attached hydrogens (tertiary/aromatic N) is 1. The highest BCUT2D eigenvalue weighted by molar-refractivity contribution is 5.73. The summed E-state index contributed by atoms with van der Waals surface area (Å²) in [4.78, 5) is 13.5. The number of likely N-dealkylation sites (tertiary alicyclic amines) is 1. The van der Waals surface area contributed by atoms with Crippen LogP contribution >= 0.6 is 0 Å². The van der Waals surface area contributed by atoms with E-state index in [1.54, 1.807) is 0 Å². The Morgan fingerprint density at radius 1 is 1.19 bits per heavy atom. The minimum atomic E-state index is -0.621. The zero-order valence-electron chi connectivity index (χ0n) is 10.2. The van der Waals surface area contributed by atoms with Gasteiger partial charge in [-0.3, -0.25) is 9.69 Å². The fourth-order valence-corrected chi connectivity index (χ4v) is 3.42. The Morgan fingerprint density at radius 3 is 2.44 bits per heavy atom. The van der Waals surface area contributed by atoms with E-state index in [1.165, 1.54) is 32.1 Å². The van der Waals surface area contributed by atoms with Crippen molar-refractivity contribution in [1.29, 1.82) is 0 Å². The zero-order valence-corrected chi connectivity index (χ0v) is 10.2. The largest absolute Gasteiger partial charge is 0.480 e. The lowest BCUT2D eigenvalue weighted by Gasteiger charge is -2.40. The highest BCUT2D eigenvalue weighted by Gasteiger charge is 2.35. The molecule has 16 heavy (non-hydrogen) atoms. The lowest BCUT2D eigenvalue weighted by Crippen LogP contribution is -2.51. The molecule has 0 bridgehead atoms. The second-order valence-electron chi connectivity index (χ2n) is 5.37. The molecule has 1 aliphatic heterocycles. The van der Waals surface area contributed by atoms with Crippen LogP contribution in [-0.4, -0.2) is 34.6 Å². The van der Waals surface area contributed by atoms with Gasteiger partial charge in [-0.2, -0.15) is 0 Å². The summed E-state index contributed by atoms with van der Waals surface area (Å²) < 4.78 is 0. The van der Waals surface area contributed by atoms with E-state index >= 15 is 0 Å². The Hall–Kier alpha value is -0.570. The van der Waals surface area contributed by atoms with Crippen LogP contribution in [0.2, 0.25) is 0 Å². The van der Waals surface area contributed by atoms with Crippen LogP contribution in [0.3, 0.4) is 0 Å². The van der Waals surface area contributed by atoms with E-state index in [4.69, 9.17) is 0 Å². The van der Waals surface area contributed by atoms with Crippen LogP contribution in [0.4, 0.5) is 0 Å². The molecule has 2 rings (SSSR count). The Labute approximate surface area is 97.8 Å². The maximum absolute atomic E-state index is 11.2. The number of hydrogen-bond donors (Lipinski definition) is 1. The lowest BCUT2D eigenvalue weighted by atomic mass is 9.93. The van der Waals surface area contributed by atoms with Crippen LogP contribution in [-0.2, 0) is 4.79 Å². The molecule has 1 heterocycles. The Bertz CT molecular complexity index is 248. The summed E-state index contributed by atoms with van der Waals surface area (Å²) in [6.07, 6.45) is 8.34. The number of carbonyl (C=O) groups is 1. The maximum atomic E-state index is 11.2.